The van der Waals surface area contributed by atoms with Crippen LogP contribution in [-0.2, 0) is 11.2 Å². The number of hydrogen-bond acceptors (Lipinski definition) is 2. The highest BCUT2D eigenvalue weighted by Crippen LogP contribution is 2.31. The molecule has 120 valence electrons. The number of carbonyl (C=O) groups is 1. The predicted octanol–water partition coefficient (Wildman–Crippen LogP) is 4.26. The maximum Gasteiger partial charge on any atom is 0.228 e. The number of rotatable bonds is 4. The van der Waals surface area contributed by atoms with Crippen LogP contribution in [0, 0.1) is 5.82 Å². The molecule has 1 aliphatic heterocycles. The summed E-state index contributed by atoms with van der Waals surface area (Å²) in [5.74, 6) is -0.445. The van der Waals surface area contributed by atoms with Gasteiger partial charge in [-0.1, -0.05) is 23.7 Å². The van der Waals surface area contributed by atoms with E-state index in [-0.39, 0.29) is 18.1 Å². The van der Waals surface area contributed by atoms with Crippen LogP contribution in [0.5, 0.6) is 0 Å². The van der Waals surface area contributed by atoms with E-state index in [1.165, 1.54) is 12.1 Å². The second-order valence-electron chi connectivity index (χ2n) is 5.71. The molecule has 0 aromatic heterocycles. The maximum absolute atomic E-state index is 12.9. The van der Waals surface area contributed by atoms with Gasteiger partial charge in [0.05, 0.1) is 17.8 Å². The summed E-state index contributed by atoms with van der Waals surface area (Å²) in [6.07, 6.45) is 2.52. The molecule has 1 amide bonds. The van der Waals surface area contributed by atoms with Crippen molar-refractivity contribution >= 4 is 28.9 Å². The van der Waals surface area contributed by atoms with Gasteiger partial charge in [0.25, 0.3) is 0 Å². The molecule has 1 saturated heterocycles. The van der Waals surface area contributed by atoms with Gasteiger partial charge in [-0.25, -0.2) is 4.39 Å². The normalized spacial score (nSPS) is 14.1. The van der Waals surface area contributed by atoms with Gasteiger partial charge in [-0.3, -0.25) is 4.79 Å². The Balaban J connectivity index is 1.74. The summed E-state index contributed by atoms with van der Waals surface area (Å²) >= 11 is 6.07. The molecule has 3 rings (SSSR count). The molecule has 1 N–H and O–H groups in total. The van der Waals surface area contributed by atoms with Crippen LogP contribution in [0.3, 0.4) is 0 Å². The zero-order valence-corrected chi connectivity index (χ0v) is 13.4. The SMILES string of the molecule is O=C(Cc1ccc(F)cc1)Nc1cc(Cl)ccc1N1CCCC1. The fourth-order valence-electron chi connectivity index (χ4n) is 2.82. The number of anilines is 2. The standard InChI is InChI=1S/C18H18ClFN2O/c19-14-5-8-17(22-9-1-2-10-22)16(12-14)21-18(23)11-13-3-6-15(20)7-4-13/h3-8,12H,1-2,9-11H2,(H,21,23). The van der Waals surface area contributed by atoms with Crippen molar-refractivity contribution in [2.24, 2.45) is 0 Å². The Morgan fingerprint density at radius 2 is 1.83 bits per heavy atom. The second-order valence-corrected chi connectivity index (χ2v) is 6.14. The Labute approximate surface area is 140 Å². The Bertz CT molecular complexity index is 697. The third-order valence-electron chi connectivity index (χ3n) is 3.96. The molecule has 0 atom stereocenters. The summed E-state index contributed by atoms with van der Waals surface area (Å²) in [5, 5.41) is 3.52. The minimum Gasteiger partial charge on any atom is -0.370 e. The van der Waals surface area contributed by atoms with Gasteiger partial charge in [0.15, 0.2) is 0 Å². The number of amides is 1. The van der Waals surface area contributed by atoms with Crippen LogP contribution in [0.2, 0.25) is 5.02 Å². The van der Waals surface area contributed by atoms with E-state index in [0.29, 0.717) is 5.02 Å². The van der Waals surface area contributed by atoms with Crippen molar-refractivity contribution in [3.63, 3.8) is 0 Å². The molecule has 0 aliphatic carbocycles. The summed E-state index contributed by atoms with van der Waals surface area (Å²) in [6.45, 7) is 1.98. The number of nitrogens with zero attached hydrogens (tertiary/aromatic N) is 1. The van der Waals surface area contributed by atoms with E-state index in [1.54, 1.807) is 18.2 Å². The molecule has 1 fully saturated rings. The van der Waals surface area contributed by atoms with Crippen LogP contribution in [0.4, 0.5) is 15.8 Å². The first kappa shape index (κ1) is 15.8. The molecule has 2 aromatic rings. The molecular formula is C18H18ClFN2O. The molecule has 2 aromatic carbocycles. The molecule has 0 spiro atoms. The van der Waals surface area contributed by atoms with Gasteiger partial charge in [0.2, 0.25) is 5.91 Å². The average Bonchev–Trinajstić information content (AvgIpc) is 3.04. The Kier molecular flexibility index (Phi) is 4.82. The Morgan fingerprint density at radius 3 is 2.52 bits per heavy atom. The largest absolute Gasteiger partial charge is 0.370 e. The number of nitrogens with one attached hydrogen (secondary N) is 1. The molecule has 23 heavy (non-hydrogen) atoms. The van der Waals surface area contributed by atoms with E-state index in [0.717, 1.165) is 42.9 Å². The number of benzene rings is 2. The lowest BCUT2D eigenvalue weighted by Crippen LogP contribution is -2.21. The average molecular weight is 333 g/mol. The monoisotopic (exact) mass is 332 g/mol. The van der Waals surface area contributed by atoms with E-state index in [9.17, 15) is 9.18 Å². The second kappa shape index (κ2) is 7.01. The topological polar surface area (TPSA) is 32.3 Å². The molecule has 0 bridgehead atoms. The van der Waals surface area contributed by atoms with Crippen molar-refractivity contribution in [2.75, 3.05) is 23.3 Å². The predicted molar refractivity (Wildman–Crippen MR) is 91.6 cm³/mol. The van der Waals surface area contributed by atoms with Crippen molar-refractivity contribution < 1.29 is 9.18 Å². The highest BCUT2D eigenvalue weighted by atomic mass is 35.5. The van der Waals surface area contributed by atoms with E-state index in [4.69, 9.17) is 11.6 Å². The maximum atomic E-state index is 12.9. The summed E-state index contributed by atoms with van der Waals surface area (Å²) in [5.41, 5.74) is 2.50. The molecule has 0 saturated carbocycles. The van der Waals surface area contributed by atoms with Crippen LogP contribution in [0.25, 0.3) is 0 Å². The van der Waals surface area contributed by atoms with Crippen LogP contribution >= 0.6 is 11.6 Å². The van der Waals surface area contributed by atoms with E-state index >= 15 is 0 Å². The van der Waals surface area contributed by atoms with Gasteiger partial charge in [-0.05, 0) is 48.7 Å². The summed E-state index contributed by atoms with van der Waals surface area (Å²) < 4.78 is 12.9. The fraction of sp³-hybridized carbons (Fsp3) is 0.278. The lowest BCUT2D eigenvalue weighted by atomic mass is 10.1. The first-order chi connectivity index (χ1) is 11.1. The van der Waals surface area contributed by atoms with Crippen molar-refractivity contribution in [3.05, 3.63) is 58.9 Å². The first-order valence-electron chi connectivity index (χ1n) is 7.70. The van der Waals surface area contributed by atoms with Crippen LogP contribution in [0.1, 0.15) is 18.4 Å². The molecule has 3 nitrogen and oxygen atoms in total. The van der Waals surface area contributed by atoms with Crippen molar-refractivity contribution in [2.45, 2.75) is 19.3 Å². The highest BCUT2D eigenvalue weighted by Gasteiger charge is 2.17. The summed E-state index contributed by atoms with van der Waals surface area (Å²) in [6, 6.07) is 11.5. The summed E-state index contributed by atoms with van der Waals surface area (Å²) in [7, 11) is 0. The fourth-order valence-corrected chi connectivity index (χ4v) is 3.00. The van der Waals surface area contributed by atoms with Gasteiger partial charge in [0, 0.05) is 18.1 Å². The van der Waals surface area contributed by atoms with E-state index < -0.39 is 0 Å². The first-order valence-corrected chi connectivity index (χ1v) is 8.08. The van der Waals surface area contributed by atoms with Crippen LogP contribution in [-0.4, -0.2) is 19.0 Å². The van der Waals surface area contributed by atoms with Gasteiger partial charge >= 0.3 is 0 Å². The number of halogens is 2. The third-order valence-corrected chi connectivity index (χ3v) is 4.19. The lowest BCUT2D eigenvalue weighted by molar-refractivity contribution is -0.115. The highest BCUT2D eigenvalue weighted by molar-refractivity contribution is 6.31. The molecule has 0 radical (unpaired) electrons. The zero-order valence-electron chi connectivity index (χ0n) is 12.7. The molecule has 0 unspecified atom stereocenters. The Hall–Kier alpha value is -2.07. The van der Waals surface area contributed by atoms with Crippen LogP contribution in [0.15, 0.2) is 42.5 Å². The van der Waals surface area contributed by atoms with Crippen molar-refractivity contribution in [1.82, 2.24) is 0 Å². The van der Waals surface area contributed by atoms with Gasteiger partial charge < -0.3 is 10.2 Å². The van der Waals surface area contributed by atoms with E-state index in [2.05, 4.69) is 10.2 Å². The molecule has 5 heteroatoms. The van der Waals surface area contributed by atoms with E-state index in [1.807, 2.05) is 12.1 Å². The molecule has 1 aliphatic rings. The van der Waals surface area contributed by atoms with Crippen molar-refractivity contribution in [1.29, 1.82) is 0 Å². The molecular weight excluding hydrogens is 315 g/mol. The van der Waals surface area contributed by atoms with Crippen molar-refractivity contribution in [3.8, 4) is 0 Å². The number of carbonyl (C=O) groups excluding carboxylic acids is 1. The summed E-state index contributed by atoms with van der Waals surface area (Å²) in [4.78, 5) is 14.5. The van der Waals surface area contributed by atoms with Gasteiger partial charge in [-0.15, -0.1) is 0 Å². The number of hydrogen-bond donors (Lipinski definition) is 1. The third kappa shape index (κ3) is 4.02. The zero-order chi connectivity index (χ0) is 16.2. The smallest absolute Gasteiger partial charge is 0.228 e. The Morgan fingerprint density at radius 1 is 1.13 bits per heavy atom. The van der Waals surface area contributed by atoms with Gasteiger partial charge in [-0.2, -0.15) is 0 Å². The minimum absolute atomic E-state index is 0.140. The quantitative estimate of drug-likeness (QED) is 0.907. The lowest BCUT2D eigenvalue weighted by Gasteiger charge is -2.22. The van der Waals surface area contributed by atoms with Gasteiger partial charge in [0.1, 0.15) is 5.82 Å². The minimum atomic E-state index is -0.305. The van der Waals surface area contributed by atoms with Crippen LogP contribution < -0.4 is 10.2 Å². The molecule has 1 heterocycles.